The van der Waals surface area contributed by atoms with Crippen LogP contribution in [0.1, 0.15) is 0 Å². The van der Waals surface area contributed by atoms with Crippen molar-refractivity contribution in [3.8, 4) is 11.3 Å². The number of ether oxygens (including phenoxy) is 1. The van der Waals surface area contributed by atoms with Crippen LogP contribution in [0.15, 0.2) is 79.9 Å². The Kier molecular flexibility index (Phi) is 7.43. The second-order valence-corrected chi connectivity index (χ2v) is 8.93. The number of benzene rings is 2. The Morgan fingerprint density at radius 2 is 1.81 bits per heavy atom. The summed E-state index contributed by atoms with van der Waals surface area (Å²) < 4.78 is 7.08. The number of piperazine rings is 1. The summed E-state index contributed by atoms with van der Waals surface area (Å²) >= 11 is 0. The van der Waals surface area contributed by atoms with E-state index in [1.165, 1.54) is 11.8 Å². The summed E-state index contributed by atoms with van der Waals surface area (Å²) in [7, 11) is 1.75. The number of hydrogen-bond acceptors (Lipinski definition) is 7. The molecule has 1 aliphatic rings. The molecular formula is C28H31N7O2. The summed E-state index contributed by atoms with van der Waals surface area (Å²) in [6.07, 6.45) is 4.73. The van der Waals surface area contributed by atoms with Crippen LogP contribution in [0.5, 0.6) is 0 Å². The van der Waals surface area contributed by atoms with Crippen molar-refractivity contribution >= 4 is 34.3 Å². The number of carbonyl (C=O) groups excluding carboxylic acids is 1. The van der Waals surface area contributed by atoms with Gasteiger partial charge in [0.05, 0.1) is 17.8 Å². The van der Waals surface area contributed by atoms with Crippen molar-refractivity contribution in [2.24, 2.45) is 0 Å². The normalized spacial score (nSPS) is 14.0. The van der Waals surface area contributed by atoms with E-state index in [9.17, 15) is 4.79 Å². The zero-order valence-corrected chi connectivity index (χ0v) is 20.9. The number of nitrogens with zero attached hydrogens (tertiary/aromatic N) is 5. The molecule has 1 aliphatic heterocycles. The molecule has 1 fully saturated rings. The Hall–Kier alpha value is -4.21. The van der Waals surface area contributed by atoms with E-state index in [0.29, 0.717) is 5.69 Å². The lowest BCUT2D eigenvalue weighted by atomic mass is 10.1. The van der Waals surface area contributed by atoms with E-state index < -0.39 is 0 Å². The van der Waals surface area contributed by atoms with E-state index in [1.54, 1.807) is 19.8 Å². The second-order valence-electron chi connectivity index (χ2n) is 8.93. The van der Waals surface area contributed by atoms with E-state index >= 15 is 0 Å². The lowest BCUT2D eigenvalue weighted by Crippen LogP contribution is -2.47. The maximum Gasteiger partial charge on any atom is 0.247 e. The molecule has 5 rings (SSSR count). The van der Waals surface area contributed by atoms with Gasteiger partial charge in [-0.15, -0.1) is 0 Å². The van der Waals surface area contributed by atoms with Gasteiger partial charge >= 0.3 is 0 Å². The molecule has 3 heterocycles. The monoisotopic (exact) mass is 497 g/mol. The summed E-state index contributed by atoms with van der Waals surface area (Å²) in [6.45, 7) is 9.38. The van der Waals surface area contributed by atoms with Gasteiger partial charge in [0.15, 0.2) is 0 Å². The molecule has 190 valence electrons. The third-order valence-electron chi connectivity index (χ3n) is 6.50. The van der Waals surface area contributed by atoms with Crippen LogP contribution in [0.25, 0.3) is 16.8 Å². The van der Waals surface area contributed by atoms with Crippen LogP contribution in [0.4, 0.5) is 22.9 Å². The zero-order valence-electron chi connectivity index (χ0n) is 20.9. The lowest BCUT2D eigenvalue weighted by molar-refractivity contribution is -0.111. The number of nitrogens with one attached hydrogen (secondary N) is 2. The molecule has 0 aliphatic carbocycles. The fourth-order valence-corrected chi connectivity index (χ4v) is 4.48. The molecule has 0 unspecified atom stereocenters. The molecule has 2 aromatic carbocycles. The van der Waals surface area contributed by atoms with Crippen LogP contribution in [-0.2, 0) is 9.53 Å². The Bertz CT molecular complexity index is 1380. The number of amides is 1. The Morgan fingerprint density at radius 3 is 2.57 bits per heavy atom. The van der Waals surface area contributed by atoms with Gasteiger partial charge in [-0.25, -0.2) is 9.97 Å². The maximum absolute atomic E-state index is 11.7. The van der Waals surface area contributed by atoms with Crippen molar-refractivity contribution in [2.75, 3.05) is 62.0 Å². The molecule has 0 saturated carbocycles. The number of carbonyl (C=O) groups is 1. The minimum atomic E-state index is -0.252. The Balaban J connectivity index is 1.28. The summed E-state index contributed by atoms with van der Waals surface area (Å²) in [6, 6.07) is 18.0. The molecule has 0 bridgehead atoms. The van der Waals surface area contributed by atoms with Crippen LogP contribution in [0.3, 0.4) is 0 Å². The van der Waals surface area contributed by atoms with Crippen LogP contribution < -0.4 is 15.5 Å². The maximum atomic E-state index is 11.7. The highest BCUT2D eigenvalue weighted by Crippen LogP contribution is 2.28. The number of rotatable bonds is 9. The Labute approximate surface area is 216 Å². The van der Waals surface area contributed by atoms with Crippen molar-refractivity contribution < 1.29 is 9.53 Å². The van der Waals surface area contributed by atoms with E-state index in [-0.39, 0.29) is 5.91 Å². The van der Waals surface area contributed by atoms with Crippen molar-refractivity contribution in [1.82, 2.24) is 19.3 Å². The second kappa shape index (κ2) is 11.2. The van der Waals surface area contributed by atoms with Gasteiger partial charge in [-0.1, -0.05) is 18.7 Å². The summed E-state index contributed by atoms with van der Waals surface area (Å²) in [4.78, 5) is 25.7. The predicted molar refractivity (Wildman–Crippen MR) is 148 cm³/mol. The SMILES string of the molecule is C=CC(=O)Nc1cccc(-c2ncn3cnc(Nc4ccc(N5CCN(CCOC)CC5)cc4)cc23)c1. The minimum Gasteiger partial charge on any atom is -0.383 e. The molecular weight excluding hydrogens is 466 g/mol. The van der Waals surface area contributed by atoms with Gasteiger partial charge in [0.1, 0.15) is 18.5 Å². The van der Waals surface area contributed by atoms with Crippen molar-refractivity contribution in [1.29, 1.82) is 0 Å². The minimum absolute atomic E-state index is 0.252. The molecule has 0 spiro atoms. The van der Waals surface area contributed by atoms with Crippen molar-refractivity contribution in [3.05, 3.63) is 79.9 Å². The standard InChI is InChI=1S/C28H31N7O2/c1-3-27(36)32-23-6-4-5-21(17-23)28-25-18-26(29-19-35(25)20-30-28)31-22-7-9-24(10-8-22)34-13-11-33(12-14-34)15-16-37-2/h3-10,17-20,31H,1,11-16H2,2H3,(H,32,36). The fraction of sp³-hybridized carbons (Fsp3) is 0.250. The van der Waals surface area contributed by atoms with E-state index in [0.717, 1.165) is 67.6 Å². The first-order valence-corrected chi connectivity index (χ1v) is 12.3. The average molecular weight is 498 g/mol. The molecule has 1 amide bonds. The van der Waals surface area contributed by atoms with Gasteiger partial charge in [-0.05, 0) is 42.5 Å². The average Bonchev–Trinajstić information content (AvgIpc) is 3.36. The van der Waals surface area contributed by atoms with Crippen LogP contribution in [0, 0.1) is 0 Å². The predicted octanol–water partition coefficient (Wildman–Crippen LogP) is 4.03. The first kappa shape index (κ1) is 24.5. The quantitative estimate of drug-likeness (QED) is 0.338. The van der Waals surface area contributed by atoms with E-state index in [4.69, 9.17) is 4.74 Å². The molecule has 4 aromatic rings. The molecule has 0 radical (unpaired) electrons. The van der Waals surface area contributed by atoms with Gasteiger partial charge in [-0.3, -0.25) is 14.1 Å². The molecule has 2 aromatic heterocycles. The van der Waals surface area contributed by atoms with Gasteiger partial charge < -0.3 is 20.3 Å². The molecule has 1 saturated heterocycles. The number of fused-ring (bicyclic) bond motifs is 1. The van der Waals surface area contributed by atoms with Crippen LogP contribution in [0.2, 0.25) is 0 Å². The van der Waals surface area contributed by atoms with Crippen molar-refractivity contribution in [3.63, 3.8) is 0 Å². The first-order valence-electron chi connectivity index (χ1n) is 12.3. The summed E-state index contributed by atoms with van der Waals surface area (Å²) in [5.74, 6) is 0.475. The van der Waals surface area contributed by atoms with Gasteiger partial charge in [0.2, 0.25) is 5.91 Å². The number of aromatic nitrogens is 3. The number of anilines is 4. The van der Waals surface area contributed by atoms with Crippen LogP contribution in [-0.4, -0.2) is 71.6 Å². The molecule has 0 atom stereocenters. The molecule has 9 heteroatoms. The van der Waals surface area contributed by atoms with Gasteiger partial charge in [0, 0.05) is 68.5 Å². The third-order valence-corrected chi connectivity index (χ3v) is 6.50. The molecule has 9 nitrogen and oxygen atoms in total. The number of imidazole rings is 1. The lowest BCUT2D eigenvalue weighted by Gasteiger charge is -2.36. The highest BCUT2D eigenvalue weighted by Gasteiger charge is 2.17. The van der Waals surface area contributed by atoms with E-state index in [1.807, 2.05) is 34.7 Å². The smallest absolute Gasteiger partial charge is 0.247 e. The zero-order chi connectivity index (χ0) is 25.6. The van der Waals surface area contributed by atoms with Gasteiger partial charge in [0.25, 0.3) is 0 Å². The van der Waals surface area contributed by atoms with Crippen LogP contribution >= 0.6 is 0 Å². The number of methoxy groups -OCH3 is 1. The highest BCUT2D eigenvalue weighted by molar-refractivity contribution is 5.99. The van der Waals surface area contributed by atoms with Gasteiger partial charge in [-0.2, -0.15) is 0 Å². The number of hydrogen-bond donors (Lipinski definition) is 2. The van der Waals surface area contributed by atoms with Crippen molar-refractivity contribution in [2.45, 2.75) is 0 Å². The highest BCUT2D eigenvalue weighted by atomic mass is 16.5. The topological polar surface area (TPSA) is 87.0 Å². The fourth-order valence-electron chi connectivity index (χ4n) is 4.48. The molecule has 37 heavy (non-hydrogen) atoms. The summed E-state index contributed by atoms with van der Waals surface area (Å²) in [5, 5.41) is 6.21. The largest absolute Gasteiger partial charge is 0.383 e. The third kappa shape index (κ3) is 5.79. The molecule has 2 N–H and O–H groups in total. The Morgan fingerprint density at radius 1 is 1.03 bits per heavy atom. The van der Waals surface area contributed by atoms with E-state index in [2.05, 4.69) is 61.2 Å². The first-order chi connectivity index (χ1) is 18.1. The summed E-state index contributed by atoms with van der Waals surface area (Å²) in [5.41, 5.74) is 5.49.